The average Bonchev–Trinajstić information content (AvgIpc) is 3.03. The number of amides is 1. The summed E-state index contributed by atoms with van der Waals surface area (Å²) in [5.41, 5.74) is -0.133. The van der Waals surface area contributed by atoms with Crippen LogP contribution in [0.3, 0.4) is 0 Å². The first-order chi connectivity index (χ1) is 7.71. The van der Waals surface area contributed by atoms with Crippen molar-refractivity contribution < 1.29 is 4.79 Å². The van der Waals surface area contributed by atoms with E-state index in [1.54, 1.807) is 0 Å². The summed E-state index contributed by atoms with van der Waals surface area (Å²) in [6.45, 7) is 3.05. The van der Waals surface area contributed by atoms with Crippen LogP contribution in [0.25, 0.3) is 0 Å². The van der Waals surface area contributed by atoms with Gasteiger partial charge < -0.3 is 4.90 Å². The van der Waals surface area contributed by atoms with Crippen molar-refractivity contribution in [2.24, 2.45) is 0 Å². The smallest absolute Gasteiger partial charge is 0.244 e. The van der Waals surface area contributed by atoms with Crippen molar-refractivity contribution in [3.8, 4) is 0 Å². The lowest BCUT2D eigenvalue weighted by molar-refractivity contribution is -0.130. The van der Waals surface area contributed by atoms with Crippen molar-refractivity contribution >= 4 is 29.4 Å². The maximum atomic E-state index is 12.2. The van der Waals surface area contributed by atoms with Crippen molar-refractivity contribution in [1.82, 2.24) is 10.2 Å². The van der Waals surface area contributed by atoms with Gasteiger partial charge in [-0.2, -0.15) is 23.5 Å². The summed E-state index contributed by atoms with van der Waals surface area (Å²) in [6, 6.07) is 0. The Bertz CT molecular complexity index is 300. The molecule has 1 N–H and O–H groups in total. The number of carbonyl (C=O) groups is 1. The van der Waals surface area contributed by atoms with E-state index in [1.165, 1.54) is 17.3 Å². The molecule has 2 aliphatic heterocycles. The monoisotopic (exact) mass is 258 g/mol. The third-order valence-electron chi connectivity index (χ3n) is 3.66. The van der Waals surface area contributed by atoms with Crippen LogP contribution in [-0.2, 0) is 4.79 Å². The number of hydrogen-bond acceptors (Lipinski definition) is 4. The number of thioether (sulfide) groups is 2. The fourth-order valence-corrected chi connectivity index (χ4v) is 5.24. The lowest BCUT2D eigenvalue weighted by atomic mass is 10.2. The third-order valence-corrected chi connectivity index (χ3v) is 6.49. The molecule has 1 aliphatic carbocycles. The summed E-state index contributed by atoms with van der Waals surface area (Å²) in [4.78, 5) is 14.3. The zero-order valence-corrected chi connectivity index (χ0v) is 11.2. The minimum Gasteiger partial charge on any atom is -0.325 e. The summed E-state index contributed by atoms with van der Waals surface area (Å²) in [5, 5.41) is 4.09. The van der Waals surface area contributed by atoms with Crippen LogP contribution >= 0.6 is 23.5 Å². The first-order valence-corrected chi connectivity index (χ1v) is 8.20. The van der Waals surface area contributed by atoms with Gasteiger partial charge in [-0.3, -0.25) is 10.1 Å². The summed E-state index contributed by atoms with van der Waals surface area (Å²) >= 11 is 4.06. The molecule has 0 aromatic carbocycles. The van der Waals surface area contributed by atoms with Gasteiger partial charge in [0.2, 0.25) is 5.91 Å². The van der Waals surface area contributed by atoms with E-state index in [0.29, 0.717) is 11.2 Å². The highest BCUT2D eigenvalue weighted by atomic mass is 32.2. The maximum Gasteiger partial charge on any atom is 0.244 e. The lowest BCUT2D eigenvalue weighted by Gasteiger charge is -2.28. The van der Waals surface area contributed by atoms with Gasteiger partial charge in [-0.25, -0.2) is 0 Å². The van der Waals surface area contributed by atoms with E-state index in [9.17, 15) is 4.79 Å². The highest BCUT2D eigenvalue weighted by molar-refractivity contribution is 8.06. The Morgan fingerprint density at radius 2 is 2.31 bits per heavy atom. The van der Waals surface area contributed by atoms with E-state index in [-0.39, 0.29) is 11.7 Å². The zero-order chi connectivity index (χ0) is 11.2. The van der Waals surface area contributed by atoms with E-state index < -0.39 is 0 Å². The van der Waals surface area contributed by atoms with Crippen LogP contribution in [0.4, 0.5) is 0 Å². The van der Waals surface area contributed by atoms with Gasteiger partial charge in [0.05, 0.1) is 11.7 Å². The van der Waals surface area contributed by atoms with Gasteiger partial charge in [0.1, 0.15) is 0 Å². The second-order valence-electron chi connectivity index (χ2n) is 4.93. The Morgan fingerprint density at radius 1 is 1.50 bits per heavy atom. The molecule has 3 rings (SSSR count). The van der Waals surface area contributed by atoms with Crippen molar-refractivity contribution in [3.05, 3.63) is 0 Å². The molecule has 16 heavy (non-hydrogen) atoms. The predicted molar refractivity (Wildman–Crippen MR) is 69.8 cm³/mol. The molecule has 2 unspecified atom stereocenters. The molecule has 1 amide bonds. The van der Waals surface area contributed by atoms with Crippen LogP contribution in [0, 0.1) is 0 Å². The second kappa shape index (κ2) is 4.10. The predicted octanol–water partition coefficient (Wildman–Crippen LogP) is 1.15. The van der Waals surface area contributed by atoms with E-state index in [1.807, 2.05) is 23.5 Å². The standard InChI is InChI=1S/C11H18N2OS2/c1-8-12-11(2-3-11)10(14)13(8)6-9-7-15-4-5-16-9/h8-9,12H,2-7H2,1H3. The highest BCUT2D eigenvalue weighted by Crippen LogP contribution is 2.42. The van der Waals surface area contributed by atoms with Gasteiger partial charge in [0, 0.05) is 29.1 Å². The lowest BCUT2D eigenvalue weighted by Crippen LogP contribution is -2.40. The molecule has 90 valence electrons. The molecule has 3 aliphatic rings. The molecule has 2 atom stereocenters. The molecule has 0 aromatic heterocycles. The zero-order valence-electron chi connectivity index (χ0n) is 9.57. The minimum atomic E-state index is -0.133. The van der Waals surface area contributed by atoms with Gasteiger partial charge in [-0.15, -0.1) is 0 Å². The summed E-state index contributed by atoms with van der Waals surface area (Å²) < 4.78 is 0. The third kappa shape index (κ3) is 1.87. The van der Waals surface area contributed by atoms with Gasteiger partial charge >= 0.3 is 0 Å². The molecule has 1 spiro atoms. The molecule has 2 saturated heterocycles. The highest BCUT2D eigenvalue weighted by Gasteiger charge is 2.58. The van der Waals surface area contributed by atoms with E-state index in [0.717, 1.165) is 19.4 Å². The molecule has 0 radical (unpaired) electrons. The van der Waals surface area contributed by atoms with Crippen LogP contribution in [0.15, 0.2) is 0 Å². The molecule has 0 bridgehead atoms. The molecule has 3 fully saturated rings. The second-order valence-corrected chi connectivity index (χ2v) is 7.49. The van der Waals surface area contributed by atoms with Crippen LogP contribution in [0.2, 0.25) is 0 Å². The summed E-state index contributed by atoms with van der Waals surface area (Å²) in [7, 11) is 0. The Balaban J connectivity index is 1.63. The molecular weight excluding hydrogens is 240 g/mol. The van der Waals surface area contributed by atoms with Crippen molar-refractivity contribution in [3.63, 3.8) is 0 Å². The van der Waals surface area contributed by atoms with Gasteiger partial charge in [-0.05, 0) is 19.8 Å². The Morgan fingerprint density at radius 3 is 2.88 bits per heavy atom. The van der Waals surface area contributed by atoms with Crippen LogP contribution in [0.5, 0.6) is 0 Å². The van der Waals surface area contributed by atoms with Gasteiger partial charge in [0.25, 0.3) is 0 Å². The van der Waals surface area contributed by atoms with Gasteiger partial charge in [-0.1, -0.05) is 0 Å². The fourth-order valence-electron chi connectivity index (χ4n) is 2.58. The summed E-state index contributed by atoms with van der Waals surface area (Å²) in [5.74, 6) is 4.07. The normalized spacial score (nSPS) is 37.1. The Kier molecular flexibility index (Phi) is 2.88. The molecular formula is C11H18N2OS2. The van der Waals surface area contributed by atoms with Crippen LogP contribution in [0.1, 0.15) is 19.8 Å². The largest absolute Gasteiger partial charge is 0.325 e. The minimum absolute atomic E-state index is 0.133. The first kappa shape index (κ1) is 11.2. The molecule has 1 saturated carbocycles. The quantitative estimate of drug-likeness (QED) is 0.805. The number of hydrogen-bond donors (Lipinski definition) is 1. The number of rotatable bonds is 2. The Hall–Kier alpha value is 0.130. The van der Waals surface area contributed by atoms with E-state index >= 15 is 0 Å². The topological polar surface area (TPSA) is 32.3 Å². The van der Waals surface area contributed by atoms with Crippen LogP contribution in [-0.4, -0.2) is 51.6 Å². The first-order valence-electron chi connectivity index (χ1n) is 5.99. The number of carbonyl (C=O) groups excluding carboxylic acids is 1. The van der Waals surface area contributed by atoms with Crippen molar-refractivity contribution in [1.29, 1.82) is 0 Å². The maximum absolute atomic E-state index is 12.2. The molecule has 2 heterocycles. The Labute approximate surface area is 105 Å². The average molecular weight is 258 g/mol. The molecule has 5 heteroatoms. The summed E-state index contributed by atoms with van der Waals surface area (Å²) in [6.07, 6.45) is 2.32. The van der Waals surface area contributed by atoms with Crippen LogP contribution < -0.4 is 5.32 Å². The van der Waals surface area contributed by atoms with Gasteiger partial charge in [0.15, 0.2) is 0 Å². The van der Waals surface area contributed by atoms with Crippen molar-refractivity contribution in [2.75, 3.05) is 23.8 Å². The number of nitrogens with one attached hydrogen (secondary N) is 1. The van der Waals surface area contributed by atoms with E-state index in [2.05, 4.69) is 17.1 Å². The van der Waals surface area contributed by atoms with E-state index in [4.69, 9.17) is 0 Å². The number of nitrogens with zero attached hydrogens (tertiary/aromatic N) is 1. The SMILES string of the molecule is CC1NC2(CC2)C(=O)N1CC1CSCCS1. The van der Waals surface area contributed by atoms with Crippen molar-refractivity contribution in [2.45, 2.75) is 36.7 Å². The molecule has 0 aromatic rings. The molecule has 3 nitrogen and oxygen atoms in total. The fraction of sp³-hybridized carbons (Fsp3) is 0.909.